The molecule has 2 aromatic carbocycles. The molecule has 0 aliphatic carbocycles. The summed E-state index contributed by atoms with van der Waals surface area (Å²) in [4.78, 5) is 15.5. The summed E-state index contributed by atoms with van der Waals surface area (Å²) in [5.74, 6) is -0.532. The van der Waals surface area contributed by atoms with Gasteiger partial charge in [-0.25, -0.2) is 4.79 Å². The third kappa shape index (κ3) is 5.44. The van der Waals surface area contributed by atoms with E-state index in [-0.39, 0.29) is 0 Å². The Bertz CT molecular complexity index is 857. The number of carbonyl (C=O) groups is 1. The number of hydrogen-bond acceptors (Lipinski definition) is 4. The van der Waals surface area contributed by atoms with Gasteiger partial charge in [0.2, 0.25) is 0 Å². The van der Waals surface area contributed by atoms with Gasteiger partial charge in [0.25, 0.3) is 0 Å². The molecule has 0 unspecified atom stereocenters. The Labute approximate surface area is 173 Å². The van der Waals surface area contributed by atoms with E-state index in [0.29, 0.717) is 5.75 Å². The lowest BCUT2D eigenvalue weighted by molar-refractivity contribution is -0.152. The molecule has 30 heavy (non-hydrogen) atoms. The first-order chi connectivity index (χ1) is 14.0. The molecular weight excluding hydrogens is 397 g/mol. The van der Waals surface area contributed by atoms with Crippen LogP contribution in [0.1, 0.15) is 25.0 Å². The number of aliphatic carboxylic acids is 1. The molecule has 1 fully saturated rings. The van der Waals surface area contributed by atoms with Crippen molar-refractivity contribution < 1.29 is 27.8 Å². The highest BCUT2D eigenvalue weighted by atomic mass is 19.4. The molecule has 1 saturated heterocycles. The fourth-order valence-corrected chi connectivity index (χ4v) is 3.28. The molecule has 5 nitrogen and oxygen atoms in total. The number of alkyl halides is 3. The summed E-state index contributed by atoms with van der Waals surface area (Å²) in [5, 5.41) is 9.14. The normalized spacial score (nSPS) is 15.8. The van der Waals surface area contributed by atoms with Crippen LogP contribution in [-0.4, -0.2) is 47.8 Å². The standard InChI is InChI=1S/C22H25F3N2O3/c1-21(2,20(28)29)30-19-9-3-16(4-10-19)15-26-11-13-27(14-12-26)18-7-5-17(6-8-18)22(23,24)25/h3-10H,11-15H2,1-2H3,(H,28,29). The van der Waals surface area contributed by atoms with Gasteiger partial charge in [0.05, 0.1) is 5.56 Å². The van der Waals surface area contributed by atoms with Gasteiger partial charge in [-0.2, -0.15) is 13.2 Å². The van der Waals surface area contributed by atoms with E-state index in [4.69, 9.17) is 9.84 Å². The number of benzene rings is 2. The van der Waals surface area contributed by atoms with E-state index in [1.54, 1.807) is 12.1 Å². The van der Waals surface area contributed by atoms with E-state index < -0.39 is 23.3 Å². The summed E-state index contributed by atoms with van der Waals surface area (Å²) in [5.41, 5.74) is -0.0522. The van der Waals surface area contributed by atoms with Crippen molar-refractivity contribution in [3.05, 3.63) is 59.7 Å². The van der Waals surface area contributed by atoms with Crippen LogP contribution in [0.4, 0.5) is 18.9 Å². The molecule has 0 saturated carbocycles. The Hall–Kier alpha value is -2.74. The molecule has 0 aromatic heterocycles. The second-order valence-corrected chi connectivity index (χ2v) is 7.87. The van der Waals surface area contributed by atoms with Crippen LogP contribution in [0, 0.1) is 0 Å². The van der Waals surface area contributed by atoms with Gasteiger partial charge in [-0.05, 0) is 55.8 Å². The number of ether oxygens (including phenoxy) is 1. The summed E-state index contributed by atoms with van der Waals surface area (Å²) in [7, 11) is 0. The van der Waals surface area contributed by atoms with Crippen LogP contribution in [0.25, 0.3) is 0 Å². The minimum absolute atomic E-state index is 0.498. The number of hydrogen-bond donors (Lipinski definition) is 1. The Kier molecular flexibility index (Phi) is 6.26. The summed E-state index contributed by atoms with van der Waals surface area (Å²) in [6, 6.07) is 12.6. The average molecular weight is 422 g/mol. The maximum Gasteiger partial charge on any atom is 0.416 e. The molecule has 0 amide bonds. The molecule has 1 aliphatic rings. The predicted octanol–water partition coefficient (Wildman–Crippen LogP) is 4.27. The van der Waals surface area contributed by atoms with Crippen LogP contribution in [0.2, 0.25) is 0 Å². The Balaban J connectivity index is 1.52. The maximum absolute atomic E-state index is 12.7. The molecule has 0 spiro atoms. The third-order valence-electron chi connectivity index (χ3n) is 5.15. The molecule has 162 valence electrons. The lowest BCUT2D eigenvalue weighted by atomic mass is 10.1. The van der Waals surface area contributed by atoms with Crippen molar-refractivity contribution in [1.82, 2.24) is 4.90 Å². The quantitative estimate of drug-likeness (QED) is 0.754. The van der Waals surface area contributed by atoms with Crippen molar-refractivity contribution in [2.24, 2.45) is 0 Å². The van der Waals surface area contributed by atoms with Crippen molar-refractivity contribution in [2.45, 2.75) is 32.2 Å². The second-order valence-electron chi connectivity index (χ2n) is 7.87. The minimum atomic E-state index is -4.32. The van der Waals surface area contributed by atoms with Gasteiger partial charge in [-0.3, -0.25) is 4.90 Å². The van der Waals surface area contributed by atoms with Crippen molar-refractivity contribution in [3.63, 3.8) is 0 Å². The lowest BCUT2D eigenvalue weighted by Gasteiger charge is -2.36. The van der Waals surface area contributed by atoms with E-state index in [1.165, 1.54) is 26.0 Å². The lowest BCUT2D eigenvalue weighted by Crippen LogP contribution is -2.45. The molecule has 0 bridgehead atoms. The first kappa shape index (κ1) is 22.0. The van der Waals surface area contributed by atoms with E-state index in [0.717, 1.165) is 56.1 Å². The first-order valence-corrected chi connectivity index (χ1v) is 9.70. The van der Waals surface area contributed by atoms with E-state index in [1.807, 2.05) is 12.1 Å². The van der Waals surface area contributed by atoms with Crippen LogP contribution >= 0.6 is 0 Å². The Morgan fingerprint density at radius 3 is 2.03 bits per heavy atom. The van der Waals surface area contributed by atoms with Crippen LogP contribution in [0.5, 0.6) is 5.75 Å². The Morgan fingerprint density at radius 2 is 1.53 bits per heavy atom. The van der Waals surface area contributed by atoms with Gasteiger partial charge in [0.1, 0.15) is 5.75 Å². The van der Waals surface area contributed by atoms with Gasteiger partial charge < -0.3 is 14.7 Å². The van der Waals surface area contributed by atoms with Crippen LogP contribution in [-0.2, 0) is 17.5 Å². The van der Waals surface area contributed by atoms with Crippen molar-refractivity contribution in [1.29, 1.82) is 0 Å². The first-order valence-electron chi connectivity index (χ1n) is 9.70. The highest BCUT2D eigenvalue weighted by Crippen LogP contribution is 2.30. The third-order valence-corrected chi connectivity index (χ3v) is 5.15. The summed E-state index contributed by atoms with van der Waals surface area (Å²) in [6.07, 6.45) is -4.32. The largest absolute Gasteiger partial charge is 0.478 e. The molecule has 2 aromatic rings. The zero-order chi connectivity index (χ0) is 21.9. The van der Waals surface area contributed by atoms with Gasteiger partial charge in [-0.1, -0.05) is 12.1 Å². The molecule has 1 heterocycles. The number of nitrogens with zero attached hydrogens (tertiary/aromatic N) is 2. The average Bonchev–Trinajstić information content (AvgIpc) is 2.69. The zero-order valence-electron chi connectivity index (χ0n) is 16.9. The second kappa shape index (κ2) is 8.55. The fraction of sp³-hybridized carbons (Fsp3) is 0.409. The van der Waals surface area contributed by atoms with Crippen LogP contribution in [0.3, 0.4) is 0 Å². The molecule has 8 heteroatoms. The number of piperazine rings is 1. The van der Waals surface area contributed by atoms with Crippen molar-refractivity contribution in [2.75, 3.05) is 31.1 Å². The molecular formula is C22H25F3N2O3. The smallest absolute Gasteiger partial charge is 0.416 e. The molecule has 1 aliphatic heterocycles. The Morgan fingerprint density at radius 1 is 0.967 bits per heavy atom. The molecule has 1 N–H and O–H groups in total. The topological polar surface area (TPSA) is 53.0 Å². The number of rotatable bonds is 6. The molecule has 3 rings (SSSR count). The molecule has 0 atom stereocenters. The number of anilines is 1. The van der Waals surface area contributed by atoms with Gasteiger partial charge in [0, 0.05) is 38.4 Å². The minimum Gasteiger partial charge on any atom is -0.478 e. The summed E-state index contributed by atoms with van der Waals surface area (Å²) >= 11 is 0. The van der Waals surface area contributed by atoms with Crippen molar-refractivity contribution >= 4 is 11.7 Å². The summed E-state index contributed by atoms with van der Waals surface area (Å²) < 4.78 is 43.6. The zero-order valence-corrected chi connectivity index (χ0v) is 16.9. The van der Waals surface area contributed by atoms with Gasteiger partial charge in [0.15, 0.2) is 5.60 Å². The fourth-order valence-electron chi connectivity index (χ4n) is 3.28. The molecule has 0 radical (unpaired) electrons. The SMILES string of the molecule is CC(C)(Oc1ccc(CN2CCN(c3ccc(C(F)(F)F)cc3)CC2)cc1)C(=O)O. The maximum atomic E-state index is 12.7. The van der Waals surface area contributed by atoms with Gasteiger partial charge in [-0.15, -0.1) is 0 Å². The number of carboxylic acids is 1. The highest BCUT2D eigenvalue weighted by Gasteiger charge is 2.31. The van der Waals surface area contributed by atoms with Gasteiger partial charge >= 0.3 is 12.1 Å². The van der Waals surface area contributed by atoms with E-state index >= 15 is 0 Å². The summed E-state index contributed by atoms with van der Waals surface area (Å²) in [6.45, 7) is 6.80. The number of carboxylic acid groups (broad SMARTS) is 1. The highest BCUT2D eigenvalue weighted by molar-refractivity contribution is 5.76. The van der Waals surface area contributed by atoms with Crippen LogP contribution in [0.15, 0.2) is 48.5 Å². The van der Waals surface area contributed by atoms with Crippen LogP contribution < -0.4 is 9.64 Å². The van der Waals surface area contributed by atoms with E-state index in [9.17, 15) is 18.0 Å². The van der Waals surface area contributed by atoms with E-state index in [2.05, 4.69) is 9.80 Å². The van der Waals surface area contributed by atoms with Crippen molar-refractivity contribution in [3.8, 4) is 5.75 Å². The monoisotopic (exact) mass is 422 g/mol. The number of halogens is 3. The predicted molar refractivity (Wildman–Crippen MR) is 108 cm³/mol.